The summed E-state index contributed by atoms with van der Waals surface area (Å²) in [6.45, 7) is -0.820. The van der Waals surface area contributed by atoms with Gasteiger partial charge in [-0.25, -0.2) is 0 Å². The Labute approximate surface area is 77.9 Å². The summed E-state index contributed by atoms with van der Waals surface area (Å²) in [6.07, 6.45) is -5.47. The van der Waals surface area contributed by atoms with E-state index in [1.165, 1.54) is 0 Å². The molecule has 0 spiro atoms. The van der Waals surface area contributed by atoms with E-state index in [0.29, 0.717) is 0 Å². The average Bonchev–Trinajstić information content (AvgIpc) is 2.01. The number of hydrogen-bond donors (Lipinski definition) is 2. The van der Waals surface area contributed by atoms with Crippen LogP contribution in [0.25, 0.3) is 0 Å². The van der Waals surface area contributed by atoms with Gasteiger partial charge in [0.05, 0.1) is 19.3 Å². The lowest BCUT2D eigenvalue weighted by atomic mass is 10.4. The van der Waals surface area contributed by atoms with E-state index in [0.717, 1.165) is 11.8 Å². The fourth-order valence-electron chi connectivity index (χ4n) is 0.488. The van der Waals surface area contributed by atoms with Crippen molar-refractivity contribution in [3.63, 3.8) is 0 Å². The molecule has 80 valence electrons. The number of rotatable bonds is 6. The van der Waals surface area contributed by atoms with Crippen LogP contribution >= 0.6 is 11.8 Å². The van der Waals surface area contributed by atoms with Crippen LogP contribution in [-0.2, 0) is 4.74 Å². The first kappa shape index (κ1) is 13.0. The molecular formula is C6H11F3O3S. The summed E-state index contributed by atoms with van der Waals surface area (Å²) >= 11 is 1.09. The Morgan fingerprint density at radius 1 is 1.38 bits per heavy atom. The highest BCUT2D eigenvalue weighted by molar-refractivity contribution is 7.99. The SMILES string of the molecule is OCC(O)CSCCOC(F)(F)F. The molecule has 0 aromatic rings. The van der Waals surface area contributed by atoms with E-state index in [1.807, 2.05) is 0 Å². The first-order chi connectivity index (χ1) is 5.95. The van der Waals surface area contributed by atoms with Crippen molar-refractivity contribution >= 4 is 11.8 Å². The first-order valence-electron chi connectivity index (χ1n) is 3.53. The summed E-state index contributed by atoms with van der Waals surface area (Å²) in [4.78, 5) is 0. The van der Waals surface area contributed by atoms with Gasteiger partial charge in [0.2, 0.25) is 0 Å². The molecule has 0 aliphatic rings. The Bertz CT molecular complexity index is 131. The molecule has 0 aromatic carbocycles. The van der Waals surface area contributed by atoms with E-state index < -0.39 is 19.1 Å². The summed E-state index contributed by atoms with van der Waals surface area (Å²) in [5.74, 6) is 0.342. The summed E-state index contributed by atoms with van der Waals surface area (Å²) in [5, 5.41) is 17.1. The van der Waals surface area contributed by atoms with Crippen LogP contribution in [0.15, 0.2) is 0 Å². The lowest BCUT2D eigenvalue weighted by molar-refractivity contribution is -0.322. The molecule has 0 amide bonds. The zero-order valence-electron chi connectivity index (χ0n) is 6.75. The van der Waals surface area contributed by atoms with E-state index >= 15 is 0 Å². The molecule has 0 aromatic heterocycles. The standard InChI is InChI=1S/C6H11F3O3S/c7-6(8,9)12-1-2-13-4-5(11)3-10/h5,10-11H,1-4H2. The van der Waals surface area contributed by atoms with Crippen LogP contribution in [0.3, 0.4) is 0 Å². The van der Waals surface area contributed by atoms with Gasteiger partial charge in [-0.15, -0.1) is 13.2 Å². The second-order valence-corrected chi connectivity index (χ2v) is 3.36. The Morgan fingerprint density at radius 3 is 2.46 bits per heavy atom. The van der Waals surface area contributed by atoms with Gasteiger partial charge in [0.15, 0.2) is 0 Å². The van der Waals surface area contributed by atoms with Crippen molar-refractivity contribution in [3.8, 4) is 0 Å². The van der Waals surface area contributed by atoms with Gasteiger partial charge in [-0.05, 0) is 0 Å². The maximum Gasteiger partial charge on any atom is 0.522 e. The molecule has 13 heavy (non-hydrogen) atoms. The van der Waals surface area contributed by atoms with Crippen LogP contribution < -0.4 is 0 Å². The summed E-state index contributed by atoms with van der Waals surface area (Å²) in [6, 6.07) is 0. The van der Waals surface area contributed by atoms with Crippen LogP contribution in [-0.4, -0.2) is 47.4 Å². The molecule has 0 fully saturated rings. The second-order valence-electron chi connectivity index (χ2n) is 2.21. The van der Waals surface area contributed by atoms with Gasteiger partial charge in [0, 0.05) is 11.5 Å². The smallest absolute Gasteiger partial charge is 0.394 e. The van der Waals surface area contributed by atoms with E-state index in [2.05, 4.69) is 4.74 Å². The second kappa shape index (κ2) is 6.47. The summed E-state index contributed by atoms with van der Waals surface area (Å²) in [7, 11) is 0. The molecular weight excluding hydrogens is 209 g/mol. The maximum absolute atomic E-state index is 11.4. The largest absolute Gasteiger partial charge is 0.522 e. The number of thioether (sulfide) groups is 1. The molecule has 0 aliphatic heterocycles. The summed E-state index contributed by atoms with van der Waals surface area (Å²) in [5.41, 5.74) is 0. The molecule has 1 atom stereocenters. The number of aliphatic hydroxyl groups is 2. The van der Waals surface area contributed by atoms with Crippen molar-refractivity contribution in [2.45, 2.75) is 12.5 Å². The molecule has 7 heteroatoms. The van der Waals surface area contributed by atoms with Crippen LogP contribution in [0, 0.1) is 0 Å². The van der Waals surface area contributed by atoms with Crippen LogP contribution in [0.4, 0.5) is 13.2 Å². The van der Waals surface area contributed by atoms with Gasteiger partial charge in [-0.3, -0.25) is 4.74 Å². The van der Waals surface area contributed by atoms with Crippen molar-refractivity contribution in [2.24, 2.45) is 0 Å². The number of hydrogen-bond acceptors (Lipinski definition) is 4. The number of alkyl halides is 3. The first-order valence-corrected chi connectivity index (χ1v) is 4.68. The van der Waals surface area contributed by atoms with E-state index in [4.69, 9.17) is 10.2 Å². The molecule has 0 saturated carbocycles. The highest BCUT2D eigenvalue weighted by Gasteiger charge is 2.28. The average molecular weight is 220 g/mol. The molecule has 0 saturated heterocycles. The zero-order valence-corrected chi connectivity index (χ0v) is 7.57. The molecule has 0 aliphatic carbocycles. The third-order valence-corrected chi connectivity index (χ3v) is 2.09. The monoisotopic (exact) mass is 220 g/mol. The Morgan fingerprint density at radius 2 is 2.00 bits per heavy atom. The van der Waals surface area contributed by atoms with E-state index in [1.54, 1.807) is 0 Å². The van der Waals surface area contributed by atoms with Crippen molar-refractivity contribution < 1.29 is 28.1 Å². The lowest BCUT2D eigenvalue weighted by Crippen LogP contribution is -2.18. The normalized spacial score (nSPS) is 14.5. The Kier molecular flexibility index (Phi) is 6.48. The van der Waals surface area contributed by atoms with Crippen LogP contribution in [0.2, 0.25) is 0 Å². The van der Waals surface area contributed by atoms with Gasteiger partial charge < -0.3 is 10.2 Å². The maximum atomic E-state index is 11.4. The van der Waals surface area contributed by atoms with E-state index in [9.17, 15) is 13.2 Å². The molecule has 3 nitrogen and oxygen atoms in total. The van der Waals surface area contributed by atoms with Crippen LogP contribution in [0.5, 0.6) is 0 Å². The van der Waals surface area contributed by atoms with Gasteiger partial charge in [-0.2, -0.15) is 11.8 Å². The van der Waals surface area contributed by atoms with Gasteiger partial charge in [0.1, 0.15) is 0 Å². The van der Waals surface area contributed by atoms with E-state index in [-0.39, 0.29) is 18.1 Å². The topological polar surface area (TPSA) is 49.7 Å². The number of aliphatic hydroxyl groups excluding tert-OH is 2. The summed E-state index contributed by atoms with van der Waals surface area (Å²) < 4.78 is 37.6. The van der Waals surface area contributed by atoms with Crippen molar-refractivity contribution in [1.82, 2.24) is 0 Å². The van der Waals surface area contributed by atoms with Crippen molar-refractivity contribution in [3.05, 3.63) is 0 Å². The number of ether oxygens (including phenoxy) is 1. The minimum atomic E-state index is -4.59. The highest BCUT2D eigenvalue weighted by atomic mass is 32.2. The van der Waals surface area contributed by atoms with Gasteiger partial charge >= 0.3 is 6.36 Å². The minimum absolute atomic E-state index is 0.135. The molecule has 0 heterocycles. The zero-order chi connectivity index (χ0) is 10.3. The predicted octanol–water partition coefficient (Wildman–Crippen LogP) is 0.609. The molecule has 1 unspecified atom stereocenters. The van der Waals surface area contributed by atoms with Gasteiger partial charge in [0.25, 0.3) is 0 Å². The Hall–Kier alpha value is 0.0200. The fourth-order valence-corrected chi connectivity index (χ4v) is 1.23. The van der Waals surface area contributed by atoms with Gasteiger partial charge in [-0.1, -0.05) is 0 Å². The highest BCUT2D eigenvalue weighted by Crippen LogP contribution is 2.16. The van der Waals surface area contributed by atoms with Crippen molar-refractivity contribution in [1.29, 1.82) is 0 Å². The lowest BCUT2D eigenvalue weighted by Gasteiger charge is -2.08. The quantitative estimate of drug-likeness (QED) is 0.644. The molecule has 0 rings (SSSR count). The Balaban J connectivity index is 3.18. The minimum Gasteiger partial charge on any atom is -0.394 e. The molecule has 2 N–H and O–H groups in total. The predicted molar refractivity (Wildman–Crippen MR) is 42.4 cm³/mol. The molecule has 0 bridgehead atoms. The van der Waals surface area contributed by atoms with Crippen molar-refractivity contribution in [2.75, 3.05) is 24.7 Å². The third kappa shape index (κ3) is 9.94. The molecule has 0 radical (unpaired) electrons. The van der Waals surface area contributed by atoms with Crippen LogP contribution in [0.1, 0.15) is 0 Å². The third-order valence-electron chi connectivity index (χ3n) is 1.01. The fraction of sp³-hybridized carbons (Fsp3) is 1.00. The number of halogens is 3.